The molecule has 3 aliphatic carbocycles. The van der Waals surface area contributed by atoms with Gasteiger partial charge in [0, 0.05) is 57.1 Å². The lowest BCUT2D eigenvalue weighted by atomic mass is 9.55. The number of carbonyl (C=O) groups is 1. The minimum atomic E-state index is -4.47. The summed E-state index contributed by atoms with van der Waals surface area (Å²) < 4.78 is 47.2. The number of ether oxygens (including phenoxy) is 2. The van der Waals surface area contributed by atoms with Crippen molar-refractivity contribution in [1.29, 1.82) is 0 Å². The van der Waals surface area contributed by atoms with Crippen LogP contribution in [0.25, 0.3) is 0 Å². The van der Waals surface area contributed by atoms with E-state index in [1.807, 2.05) is 24.3 Å². The normalized spacial score (nSPS) is 29.6. The van der Waals surface area contributed by atoms with Crippen molar-refractivity contribution in [3.05, 3.63) is 77.2 Å². The van der Waals surface area contributed by atoms with Gasteiger partial charge in [0.1, 0.15) is 17.7 Å². The predicted molar refractivity (Wildman–Crippen MR) is 212 cm³/mol. The second kappa shape index (κ2) is 18.1. The van der Waals surface area contributed by atoms with Gasteiger partial charge < -0.3 is 40.7 Å². The van der Waals surface area contributed by atoms with Gasteiger partial charge >= 0.3 is 6.18 Å². The number of fused-ring (bicyclic) bond motifs is 5. The fraction of sp³-hybridized carbons (Fsp3) is 0.605. The molecular weight excluding hydrogens is 754 g/mol. The summed E-state index contributed by atoms with van der Waals surface area (Å²) in [6.45, 7) is 7.97. The van der Waals surface area contributed by atoms with E-state index in [0.717, 1.165) is 69.5 Å². The van der Waals surface area contributed by atoms with Crippen LogP contribution in [0.4, 0.5) is 24.7 Å². The van der Waals surface area contributed by atoms with Crippen LogP contribution in [0.1, 0.15) is 85.0 Å². The molecule has 6 N–H and O–H groups in total. The number of nitrogens with zero attached hydrogens (tertiary/aromatic N) is 4. The number of aliphatic hydroxyl groups is 3. The zero-order chi connectivity index (χ0) is 41.0. The highest BCUT2D eigenvalue weighted by Crippen LogP contribution is 2.61. The molecule has 4 fully saturated rings. The Kier molecular flexibility index (Phi) is 13.1. The maximum Gasteiger partial charge on any atom is 0.434 e. The summed E-state index contributed by atoms with van der Waals surface area (Å²) in [6.07, 6.45) is 3.18. The summed E-state index contributed by atoms with van der Waals surface area (Å²) in [5, 5.41) is 33.9. The van der Waals surface area contributed by atoms with Crippen LogP contribution < -0.4 is 20.7 Å². The Hall–Kier alpha value is -4.02. The molecule has 1 amide bonds. The average molecular weight is 811 g/mol. The van der Waals surface area contributed by atoms with Crippen molar-refractivity contribution >= 4 is 17.4 Å². The number of hydrogen-bond acceptors (Lipinski definition) is 11. The number of rotatable bonds is 9. The Morgan fingerprint density at radius 2 is 1.79 bits per heavy atom. The minimum absolute atomic E-state index is 0.0729. The van der Waals surface area contributed by atoms with E-state index in [9.17, 15) is 33.3 Å². The number of piperazine rings is 1. The summed E-state index contributed by atoms with van der Waals surface area (Å²) in [5.74, 6) is 2.57. The van der Waals surface area contributed by atoms with E-state index in [1.54, 1.807) is 0 Å². The molecule has 2 saturated carbocycles. The maximum atomic E-state index is 12.8. The van der Waals surface area contributed by atoms with Crippen molar-refractivity contribution in [2.75, 3.05) is 63.1 Å². The van der Waals surface area contributed by atoms with Gasteiger partial charge in [0.2, 0.25) is 0 Å². The quantitative estimate of drug-likeness (QED) is 0.188. The van der Waals surface area contributed by atoms with E-state index >= 15 is 0 Å². The summed E-state index contributed by atoms with van der Waals surface area (Å²) in [7, 11) is 0. The van der Waals surface area contributed by atoms with Crippen molar-refractivity contribution < 1.29 is 42.8 Å². The molecule has 8 unspecified atom stereocenters. The Labute approximate surface area is 337 Å². The van der Waals surface area contributed by atoms with Crippen molar-refractivity contribution in [1.82, 2.24) is 20.2 Å². The Morgan fingerprint density at radius 1 is 1.02 bits per heavy atom. The lowest BCUT2D eigenvalue weighted by Crippen LogP contribution is -2.54. The number of aliphatic hydroxyl groups excluding tert-OH is 3. The molecule has 0 spiro atoms. The van der Waals surface area contributed by atoms with Gasteiger partial charge in [-0.2, -0.15) is 13.2 Å². The third-order valence-corrected chi connectivity index (χ3v) is 13.3. The average Bonchev–Trinajstić information content (AvgIpc) is 3.53. The molecule has 5 aliphatic rings. The summed E-state index contributed by atoms with van der Waals surface area (Å²) >= 11 is 0. The van der Waals surface area contributed by atoms with Crippen molar-refractivity contribution in [2.45, 2.75) is 94.8 Å². The van der Waals surface area contributed by atoms with Crippen LogP contribution in [-0.4, -0.2) is 113 Å². The van der Waals surface area contributed by atoms with E-state index in [4.69, 9.17) is 15.2 Å². The molecule has 58 heavy (non-hydrogen) atoms. The molecule has 2 aliphatic heterocycles. The molecule has 3 heterocycles. The van der Waals surface area contributed by atoms with Gasteiger partial charge in [0.15, 0.2) is 5.69 Å². The summed E-state index contributed by atoms with van der Waals surface area (Å²) in [4.78, 5) is 23.7. The number of benzene rings is 2. The number of halogens is 3. The monoisotopic (exact) mass is 810 g/mol. The molecule has 15 heteroatoms. The number of aromatic nitrogens is 2. The lowest BCUT2D eigenvalue weighted by Gasteiger charge is -2.50. The standard InChI is InChI=1S/C38H53N3O6.C5H4F3N3/c1-38-15-13-30-29-10-8-28(23-26(29)5-9-31(30)32(38)11-12-35(38)43)46-21-2-16-39-37(45)25-3-6-27(7-4-25)41-19-17-40(18-20-41)24-34-36(44)33(42)14-22-47-34;6-5(7,8)3-1-10-2-4(9)11-3/h3-4,6-8,10,23,30-36,42-44H,2,5,9,11-22,24H2,1H3,(H,39,45);1-2H,(H2,9,11). The van der Waals surface area contributed by atoms with Gasteiger partial charge in [-0.15, -0.1) is 0 Å². The van der Waals surface area contributed by atoms with Crippen molar-refractivity contribution in [3.63, 3.8) is 0 Å². The number of amides is 1. The molecule has 8 rings (SSSR count). The van der Waals surface area contributed by atoms with Crippen LogP contribution in [-0.2, 0) is 17.3 Å². The number of nitrogens with one attached hydrogen (secondary N) is 1. The van der Waals surface area contributed by atoms with Gasteiger partial charge in [-0.3, -0.25) is 14.7 Å². The molecule has 1 aromatic heterocycles. The highest BCUT2D eigenvalue weighted by molar-refractivity contribution is 5.94. The van der Waals surface area contributed by atoms with Gasteiger partial charge in [-0.05, 0) is 122 Å². The SMILES string of the molecule is CC12CCC3c4ccc(OCCCNC(=O)c5ccc(N6CCN(CC7OCCC(O)C7O)CC6)cc5)cc4CCC3C1CCC2O.Nc1cncc(C(F)(F)F)n1. The molecule has 2 aromatic carbocycles. The molecule has 12 nitrogen and oxygen atoms in total. The molecular formula is C43H57F3N6O6. The van der Waals surface area contributed by atoms with E-state index in [2.05, 4.69) is 50.2 Å². The van der Waals surface area contributed by atoms with Crippen molar-refractivity contribution in [2.24, 2.45) is 17.3 Å². The van der Waals surface area contributed by atoms with Gasteiger partial charge in [0.05, 0.1) is 37.3 Å². The van der Waals surface area contributed by atoms with E-state index in [-0.39, 0.29) is 29.3 Å². The first kappa shape index (κ1) is 42.1. The topological polar surface area (TPSA) is 167 Å². The van der Waals surface area contributed by atoms with Crippen LogP contribution in [0.15, 0.2) is 54.9 Å². The number of anilines is 2. The Morgan fingerprint density at radius 3 is 2.52 bits per heavy atom. The second-order valence-electron chi connectivity index (χ2n) is 16.8. The molecule has 8 atom stereocenters. The zero-order valence-corrected chi connectivity index (χ0v) is 33.1. The van der Waals surface area contributed by atoms with Crippen LogP contribution in [0.2, 0.25) is 0 Å². The minimum Gasteiger partial charge on any atom is -0.494 e. The predicted octanol–water partition coefficient (Wildman–Crippen LogP) is 4.81. The van der Waals surface area contributed by atoms with Crippen molar-refractivity contribution in [3.8, 4) is 5.75 Å². The van der Waals surface area contributed by atoms with Crippen LogP contribution in [0.5, 0.6) is 5.75 Å². The smallest absolute Gasteiger partial charge is 0.434 e. The number of nitrogen functional groups attached to an aromatic ring is 1. The first-order chi connectivity index (χ1) is 27.8. The van der Waals surface area contributed by atoms with Gasteiger partial charge in [-0.1, -0.05) is 13.0 Å². The Bertz CT molecular complexity index is 1850. The Balaban J connectivity index is 0.000000404. The van der Waals surface area contributed by atoms with Crippen LogP contribution in [0, 0.1) is 17.3 Å². The number of nitrogens with two attached hydrogens (primary N) is 1. The largest absolute Gasteiger partial charge is 0.494 e. The van der Waals surface area contributed by atoms with Gasteiger partial charge in [0.25, 0.3) is 5.91 Å². The van der Waals surface area contributed by atoms with E-state index < -0.39 is 24.1 Å². The third-order valence-electron chi connectivity index (χ3n) is 13.3. The molecule has 2 saturated heterocycles. The molecule has 0 radical (unpaired) electrons. The number of carbonyl (C=O) groups excluding carboxylic acids is 1. The summed E-state index contributed by atoms with van der Waals surface area (Å²) in [5.41, 5.74) is 8.70. The highest BCUT2D eigenvalue weighted by Gasteiger charge is 2.54. The lowest BCUT2D eigenvalue weighted by molar-refractivity contribution is -0.141. The van der Waals surface area contributed by atoms with Crippen LogP contribution in [0.3, 0.4) is 0 Å². The number of aryl methyl sites for hydroxylation is 1. The van der Waals surface area contributed by atoms with E-state index in [0.29, 0.717) is 62.2 Å². The van der Waals surface area contributed by atoms with E-state index in [1.165, 1.54) is 30.4 Å². The molecule has 3 aromatic rings. The van der Waals surface area contributed by atoms with Crippen LogP contribution >= 0.6 is 0 Å². The third kappa shape index (κ3) is 9.54. The fourth-order valence-electron chi connectivity index (χ4n) is 9.99. The van der Waals surface area contributed by atoms with Gasteiger partial charge in [-0.25, -0.2) is 4.98 Å². The number of alkyl halides is 3. The fourth-order valence-corrected chi connectivity index (χ4v) is 9.99. The summed E-state index contributed by atoms with van der Waals surface area (Å²) in [6, 6.07) is 14.5. The maximum absolute atomic E-state index is 12.8. The first-order valence-electron chi connectivity index (χ1n) is 20.7. The molecule has 0 bridgehead atoms. The second-order valence-corrected chi connectivity index (χ2v) is 16.8. The highest BCUT2D eigenvalue weighted by atomic mass is 19.4. The molecule has 316 valence electrons. The first-order valence-corrected chi connectivity index (χ1v) is 20.7. The zero-order valence-electron chi connectivity index (χ0n) is 33.1. The number of hydrogen-bond donors (Lipinski definition) is 5.